The average Bonchev–Trinajstić information content (AvgIpc) is 2.78. The van der Waals surface area contributed by atoms with Crippen molar-refractivity contribution in [2.75, 3.05) is 7.11 Å². The number of benzene rings is 1. The van der Waals surface area contributed by atoms with Crippen molar-refractivity contribution in [2.24, 2.45) is 5.92 Å². The van der Waals surface area contributed by atoms with Crippen LogP contribution in [0.2, 0.25) is 0 Å². The van der Waals surface area contributed by atoms with Crippen molar-refractivity contribution in [2.45, 2.75) is 69.4 Å². The van der Waals surface area contributed by atoms with Crippen LogP contribution < -0.4 is 5.32 Å². The molecule has 2 atom stereocenters. The second-order valence-electron chi connectivity index (χ2n) is 8.51. The highest BCUT2D eigenvalue weighted by atomic mass is 16.5. The molecule has 1 heterocycles. The summed E-state index contributed by atoms with van der Waals surface area (Å²) in [6.45, 7) is 0. The van der Waals surface area contributed by atoms with E-state index in [1.807, 2.05) is 24.5 Å². The van der Waals surface area contributed by atoms with Crippen molar-refractivity contribution in [3.8, 4) is 11.8 Å². The van der Waals surface area contributed by atoms with Gasteiger partial charge in [-0.15, -0.1) is 0 Å². The van der Waals surface area contributed by atoms with Gasteiger partial charge in [0.15, 0.2) is 0 Å². The maximum atomic E-state index is 13.1. The van der Waals surface area contributed by atoms with Gasteiger partial charge in [-0.3, -0.25) is 9.78 Å². The monoisotopic (exact) mass is 390 g/mol. The highest BCUT2D eigenvalue weighted by Crippen LogP contribution is 2.31. The number of nitrogens with zero attached hydrogens (tertiary/aromatic N) is 1. The summed E-state index contributed by atoms with van der Waals surface area (Å²) in [4.78, 5) is 17.5. The lowest BCUT2D eigenvalue weighted by Gasteiger charge is -2.36. The summed E-state index contributed by atoms with van der Waals surface area (Å²) < 4.78 is 5.52. The molecule has 2 fully saturated rings. The van der Waals surface area contributed by atoms with Gasteiger partial charge in [0.1, 0.15) is 5.54 Å². The zero-order valence-electron chi connectivity index (χ0n) is 17.2. The predicted octanol–water partition coefficient (Wildman–Crippen LogP) is 4.61. The molecule has 2 aromatic rings. The van der Waals surface area contributed by atoms with Gasteiger partial charge < -0.3 is 10.1 Å². The number of carbonyl (C=O) groups excluding carboxylic acids is 1. The van der Waals surface area contributed by atoms with Gasteiger partial charge in [-0.1, -0.05) is 61.8 Å². The molecule has 0 unspecified atom stereocenters. The van der Waals surface area contributed by atoms with Gasteiger partial charge in [-0.25, -0.2) is 0 Å². The maximum Gasteiger partial charge on any atom is 0.224 e. The van der Waals surface area contributed by atoms with E-state index in [4.69, 9.17) is 4.74 Å². The van der Waals surface area contributed by atoms with Crippen LogP contribution in [0.1, 0.15) is 63.4 Å². The maximum absolute atomic E-state index is 13.1. The number of carbonyl (C=O) groups is 1. The second-order valence-corrected chi connectivity index (χ2v) is 8.51. The molecule has 0 spiro atoms. The average molecular weight is 391 g/mol. The van der Waals surface area contributed by atoms with E-state index < -0.39 is 5.54 Å². The Morgan fingerprint density at radius 3 is 2.79 bits per heavy atom. The minimum atomic E-state index is -0.424. The Morgan fingerprint density at radius 1 is 1.14 bits per heavy atom. The van der Waals surface area contributed by atoms with Gasteiger partial charge in [-0.2, -0.15) is 0 Å². The van der Waals surface area contributed by atoms with Crippen molar-refractivity contribution in [1.29, 1.82) is 0 Å². The van der Waals surface area contributed by atoms with Gasteiger partial charge in [0.25, 0.3) is 0 Å². The summed E-state index contributed by atoms with van der Waals surface area (Å²) in [7, 11) is 1.75. The van der Waals surface area contributed by atoms with E-state index in [1.165, 1.54) is 6.42 Å². The van der Waals surface area contributed by atoms with Crippen molar-refractivity contribution in [3.63, 3.8) is 0 Å². The Morgan fingerprint density at radius 2 is 1.97 bits per heavy atom. The number of amides is 1. The summed E-state index contributed by atoms with van der Waals surface area (Å²) >= 11 is 0. The number of hydrogen-bond acceptors (Lipinski definition) is 3. The topological polar surface area (TPSA) is 51.2 Å². The smallest absolute Gasteiger partial charge is 0.224 e. The molecule has 1 aromatic heterocycles. The van der Waals surface area contributed by atoms with E-state index in [0.717, 1.165) is 67.7 Å². The third-order valence-corrected chi connectivity index (χ3v) is 6.50. The van der Waals surface area contributed by atoms with Gasteiger partial charge in [-0.05, 0) is 32.1 Å². The standard InChI is InChI=1S/C25H30N2O2/c1-29-22-10-7-9-19(16-22)24(28)27-25(13-5-2-6-14-25)15-12-21-18-26-17-20-8-3-4-11-23(20)21/h3-4,8,11,17-19,22H,2,5-7,9-10,13-14,16H2,1H3,(H,27,28)/t19-,22+/m0/s1. The van der Waals surface area contributed by atoms with Crippen LogP contribution in [0.4, 0.5) is 0 Å². The first-order chi connectivity index (χ1) is 14.2. The lowest BCUT2D eigenvalue weighted by atomic mass is 9.80. The molecule has 2 aliphatic carbocycles. The zero-order valence-corrected chi connectivity index (χ0v) is 17.2. The van der Waals surface area contributed by atoms with Crippen molar-refractivity contribution >= 4 is 16.7 Å². The predicted molar refractivity (Wildman–Crippen MR) is 115 cm³/mol. The minimum Gasteiger partial charge on any atom is -0.381 e. The van der Waals surface area contributed by atoms with Crippen LogP contribution in [0.25, 0.3) is 10.8 Å². The second kappa shape index (κ2) is 8.97. The summed E-state index contributed by atoms with van der Waals surface area (Å²) in [6, 6.07) is 8.18. The van der Waals surface area contributed by atoms with Crippen LogP contribution in [0.15, 0.2) is 36.7 Å². The fraction of sp³-hybridized carbons (Fsp3) is 0.520. The van der Waals surface area contributed by atoms with Crippen molar-refractivity contribution in [1.82, 2.24) is 10.3 Å². The van der Waals surface area contributed by atoms with Gasteiger partial charge in [0, 0.05) is 36.2 Å². The number of nitrogens with one attached hydrogen (secondary N) is 1. The molecule has 29 heavy (non-hydrogen) atoms. The third kappa shape index (κ3) is 4.62. The molecule has 2 aliphatic rings. The van der Waals surface area contributed by atoms with E-state index in [0.29, 0.717) is 0 Å². The first-order valence-electron chi connectivity index (χ1n) is 10.9. The molecule has 1 amide bonds. The number of fused-ring (bicyclic) bond motifs is 1. The number of hydrogen-bond donors (Lipinski definition) is 1. The Bertz CT molecular complexity index is 916. The molecular formula is C25H30N2O2. The lowest BCUT2D eigenvalue weighted by Crippen LogP contribution is -2.51. The number of aromatic nitrogens is 1. The normalized spacial score (nSPS) is 23.8. The summed E-state index contributed by atoms with van der Waals surface area (Å²) in [5.41, 5.74) is 0.506. The van der Waals surface area contributed by atoms with Gasteiger partial charge >= 0.3 is 0 Å². The molecule has 4 nitrogen and oxygen atoms in total. The summed E-state index contributed by atoms with van der Waals surface area (Å²) in [6.07, 6.45) is 13.0. The molecule has 4 heteroatoms. The number of rotatable bonds is 3. The quantitative estimate of drug-likeness (QED) is 0.779. The molecule has 2 saturated carbocycles. The van der Waals surface area contributed by atoms with Crippen LogP contribution in [0, 0.1) is 17.8 Å². The first kappa shape index (κ1) is 19.9. The van der Waals surface area contributed by atoms with E-state index in [9.17, 15) is 4.79 Å². The molecule has 152 valence electrons. The van der Waals surface area contributed by atoms with E-state index in [-0.39, 0.29) is 17.9 Å². The highest BCUT2D eigenvalue weighted by molar-refractivity contribution is 5.87. The molecule has 4 rings (SSSR count). The third-order valence-electron chi connectivity index (χ3n) is 6.50. The highest BCUT2D eigenvalue weighted by Gasteiger charge is 2.35. The number of methoxy groups -OCH3 is 1. The fourth-order valence-corrected chi connectivity index (χ4v) is 4.77. The molecular weight excluding hydrogens is 360 g/mol. The number of pyridine rings is 1. The fourth-order valence-electron chi connectivity index (χ4n) is 4.77. The molecule has 1 aromatic carbocycles. The van der Waals surface area contributed by atoms with E-state index >= 15 is 0 Å². The van der Waals surface area contributed by atoms with Crippen LogP contribution >= 0.6 is 0 Å². The van der Waals surface area contributed by atoms with Crippen LogP contribution in [0.3, 0.4) is 0 Å². The minimum absolute atomic E-state index is 0.0357. The first-order valence-corrected chi connectivity index (χ1v) is 10.9. The van der Waals surface area contributed by atoms with E-state index in [1.54, 1.807) is 7.11 Å². The Labute approximate surface area is 173 Å². The molecule has 0 aliphatic heterocycles. The van der Waals surface area contributed by atoms with Crippen molar-refractivity contribution in [3.05, 3.63) is 42.2 Å². The van der Waals surface area contributed by atoms with E-state index in [2.05, 4.69) is 34.3 Å². The largest absolute Gasteiger partial charge is 0.381 e. The Balaban J connectivity index is 1.58. The van der Waals surface area contributed by atoms with Crippen LogP contribution in [-0.2, 0) is 9.53 Å². The Kier molecular flexibility index (Phi) is 6.16. The zero-order chi connectivity index (χ0) is 20.1. The Hall–Kier alpha value is -2.38. The van der Waals surface area contributed by atoms with Crippen LogP contribution in [0.5, 0.6) is 0 Å². The number of ether oxygens (including phenoxy) is 1. The van der Waals surface area contributed by atoms with Crippen LogP contribution in [-0.4, -0.2) is 29.6 Å². The molecule has 0 saturated heterocycles. The molecule has 1 N–H and O–H groups in total. The molecule has 0 bridgehead atoms. The van der Waals surface area contributed by atoms with Gasteiger partial charge in [0.05, 0.1) is 11.7 Å². The summed E-state index contributed by atoms with van der Waals surface area (Å²) in [5.74, 6) is 7.05. The van der Waals surface area contributed by atoms with Gasteiger partial charge in [0.2, 0.25) is 5.91 Å². The molecule has 0 radical (unpaired) electrons. The van der Waals surface area contributed by atoms with Crippen molar-refractivity contribution < 1.29 is 9.53 Å². The summed E-state index contributed by atoms with van der Waals surface area (Å²) in [5, 5.41) is 5.58. The SMILES string of the molecule is CO[C@@H]1CCC[C@H](C(=O)NC2(C#Cc3cncc4ccccc34)CCCCC2)C1. The lowest BCUT2D eigenvalue weighted by molar-refractivity contribution is -0.129.